The number of pyridine rings is 1. The highest BCUT2D eigenvalue weighted by Gasteiger charge is 2.10. The van der Waals surface area contributed by atoms with Crippen molar-refractivity contribution in [1.82, 2.24) is 4.98 Å². The van der Waals surface area contributed by atoms with Crippen molar-refractivity contribution in [2.24, 2.45) is 0 Å². The average molecular weight is 340 g/mol. The zero-order chi connectivity index (χ0) is 14.4. The van der Waals surface area contributed by atoms with Crippen LogP contribution in [0.2, 0.25) is 0 Å². The molecule has 1 heterocycles. The van der Waals surface area contributed by atoms with E-state index in [1.165, 1.54) is 12.3 Å². The molecule has 0 fully saturated rings. The Balaban J connectivity index is 2.19. The molecule has 20 heavy (non-hydrogen) atoms. The van der Waals surface area contributed by atoms with Crippen molar-refractivity contribution in [3.8, 4) is 11.5 Å². The second-order valence-electron chi connectivity index (χ2n) is 4.11. The summed E-state index contributed by atoms with van der Waals surface area (Å²) in [5, 5.41) is 0.657. The summed E-state index contributed by atoms with van der Waals surface area (Å²) >= 11 is 3.42. The van der Waals surface area contributed by atoms with E-state index in [2.05, 4.69) is 20.9 Å². The lowest BCUT2D eigenvalue weighted by Crippen LogP contribution is -2.02. The number of alkyl halides is 1. The number of benzene rings is 1. The Morgan fingerprint density at radius 1 is 1.25 bits per heavy atom. The van der Waals surface area contributed by atoms with Crippen molar-refractivity contribution in [3.05, 3.63) is 53.6 Å². The molecular formula is C15H15BrFNO2. The van der Waals surface area contributed by atoms with Crippen LogP contribution in [0.3, 0.4) is 0 Å². The molecule has 0 bridgehead atoms. The lowest BCUT2D eigenvalue weighted by molar-refractivity contribution is 0.267. The molecule has 0 spiro atoms. The normalized spacial score (nSPS) is 10.3. The largest absolute Gasteiger partial charge is 0.490 e. The van der Waals surface area contributed by atoms with Gasteiger partial charge >= 0.3 is 0 Å². The molecule has 0 saturated carbocycles. The molecule has 0 radical (unpaired) electrons. The van der Waals surface area contributed by atoms with Gasteiger partial charge in [-0.05, 0) is 19.1 Å². The molecule has 0 atom stereocenters. The summed E-state index contributed by atoms with van der Waals surface area (Å²) in [5.74, 6) is 0.995. The predicted molar refractivity (Wildman–Crippen MR) is 78.8 cm³/mol. The Labute approximate surface area is 125 Å². The van der Waals surface area contributed by atoms with Gasteiger partial charge in [-0.3, -0.25) is 4.98 Å². The van der Waals surface area contributed by atoms with E-state index in [4.69, 9.17) is 9.47 Å². The van der Waals surface area contributed by atoms with Crippen molar-refractivity contribution in [2.45, 2.75) is 18.9 Å². The van der Waals surface area contributed by atoms with Crippen LogP contribution >= 0.6 is 15.9 Å². The molecule has 0 saturated heterocycles. The molecule has 0 aliphatic rings. The highest BCUT2D eigenvalue weighted by atomic mass is 79.9. The van der Waals surface area contributed by atoms with Gasteiger partial charge in [0, 0.05) is 22.7 Å². The third kappa shape index (κ3) is 3.70. The van der Waals surface area contributed by atoms with Gasteiger partial charge in [0.05, 0.1) is 12.8 Å². The minimum atomic E-state index is -0.370. The summed E-state index contributed by atoms with van der Waals surface area (Å²) in [6, 6.07) is 7.13. The van der Waals surface area contributed by atoms with Crippen LogP contribution < -0.4 is 9.47 Å². The average Bonchev–Trinajstić information content (AvgIpc) is 2.46. The van der Waals surface area contributed by atoms with Gasteiger partial charge in [-0.15, -0.1) is 0 Å². The first-order valence-electron chi connectivity index (χ1n) is 6.27. The van der Waals surface area contributed by atoms with Gasteiger partial charge in [0.15, 0.2) is 11.5 Å². The lowest BCUT2D eigenvalue weighted by atomic mass is 10.2. The van der Waals surface area contributed by atoms with Crippen LogP contribution in [0, 0.1) is 5.82 Å². The maximum absolute atomic E-state index is 13.1. The second-order valence-corrected chi connectivity index (χ2v) is 4.67. The fraction of sp³-hybridized carbons (Fsp3) is 0.267. The Hall–Kier alpha value is -1.62. The summed E-state index contributed by atoms with van der Waals surface area (Å²) < 4.78 is 24.4. The molecule has 3 nitrogen and oxygen atoms in total. The van der Waals surface area contributed by atoms with Crippen LogP contribution in [0.15, 0.2) is 36.7 Å². The quantitative estimate of drug-likeness (QED) is 0.742. The highest BCUT2D eigenvalue weighted by molar-refractivity contribution is 9.08. The number of hydrogen-bond donors (Lipinski definition) is 0. The predicted octanol–water partition coefficient (Wildman–Crippen LogP) is 4.09. The number of rotatable bonds is 6. The van der Waals surface area contributed by atoms with Crippen LogP contribution in [0.25, 0.3) is 0 Å². The van der Waals surface area contributed by atoms with Crippen molar-refractivity contribution >= 4 is 15.9 Å². The first kappa shape index (κ1) is 14.8. The molecular weight excluding hydrogens is 325 g/mol. The van der Waals surface area contributed by atoms with Crippen LogP contribution in [0.5, 0.6) is 11.5 Å². The Morgan fingerprint density at radius 2 is 2.10 bits per heavy atom. The Kier molecular flexibility index (Phi) is 5.35. The number of halogens is 2. The fourth-order valence-corrected chi connectivity index (χ4v) is 2.23. The number of nitrogens with zero attached hydrogens (tertiary/aromatic N) is 1. The van der Waals surface area contributed by atoms with Crippen molar-refractivity contribution < 1.29 is 13.9 Å². The van der Waals surface area contributed by atoms with Gasteiger partial charge in [0.25, 0.3) is 0 Å². The number of hydrogen-bond acceptors (Lipinski definition) is 3. The molecule has 1 aromatic carbocycles. The van der Waals surface area contributed by atoms with Crippen molar-refractivity contribution in [1.29, 1.82) is 0 Å². The minimum absolute atomic E-state index is 0.245. The van der Waals surface area contributed by atoms with Crippen molar-refractivity contribution in [2.75, 3.05) is 6.61 Å². The van der Waals surface area contributed by atoms with Gasteiger partial charge in [0.2, 0.25) is 0 Å². The molecule has 0 N–H and O–H groups in total. The highest BCUT2D eigenvalue weighted by Crippen LogP contribution is 2.33. The summed E-state index contributed by atoms with van der Waals surface area (Å²) in [6.07, 6.45) is 2.75. The summed E-state index contributed by atoms with van der Waals surface area (Å²) in [6.45, 7) is 2.72. The van der Waals surface area contributed by atoms with Gasteiger partial charge in [-0.2, -0.15) is 0 Å². The van der Waals surface area contributed by atoms with E-state index >= 15 is 0 Å². The molecule has 1 aromatic heterocycles. The molecule has 0 aliphatic heterocycles. The first-order chi connectivity index (χ1) is 9.74. The standard InChI is InChI=1S/C15H15BrFNO2/c1-2-19-14-5-3-4-12(7-16)15(14)20-10-11-6-13(17)9-18-8-11/h3-6,8-9H,2,7,10H2,1H3. The maximum atomic E-state index is 13.1. The SMILES string of the molecule is CCOc1cccc(CBr)c1OCc1cncc(F)c1. The number of aromatic nitrogens is 1. The Morgan fingerprint density at radius 3 is 2.80 bits per heavy atom. The summed E-state index contributed by atoms with van der Waals surface area (Å²) in [4.78, 5) is 3.80. The second kappa shape index (κ2) is 7.24. The number of para-hydroxylation sites is 1. The molecule has 0 aliphatic carbocycles. The van der Waals surface area contributed by atoms with Gasteiger partial charge < -0.3 is 9.47 Å². The van der Waals surface area contributed by atoms with E-state index in [-0.39, 0.29) is 12.4 Å². The number of ether oxygens (including phenoxy) is 2. The van der Waals surface area contributed by atoms with Crippen LogP contribution in [-0.2, 0) is 11.9 Å². The first-order valence-corrected chi connectivity index (χ1v) is 7.39. The van der Waals surface area contributed by atoms with Crippen molar-refractivity contribution in [3.63, 3.8) is 0 Å². The van der Waals surface area contributed by atoms with Crippen LogP contribution in [0.1, 0.15) is 18.1 Å². The zero-order valence-electron chi connectivity index (χ0n) is 11.1. The summed E-state index contributed by atoms with van der Waals surface area (Å²) in [5.41, 5.74) is 1.66. The van der Waals surface area contributed by atoms with E-state index in [0.29, 0.717) is 29.0 Å². The van der Waals surface area contributed by atoms with E-state index in [9.17, 15) is 4.39 Å². The molecule has 5 heteroatoms. The smallest absolute Gasteiger partial charge is 0.165 e. The van der Waals surface area contributed by atoms with E-state index in [1.807, 2.05) is 25.1 Å². The molecule has 0 amide bonds. The fourth-order valence-electron chi connectivity index (χ4n) is 1.79. The van der Waals surface area contributed by atoms with Gasteiger partial charge in [-0.1, -0.05) is 28.1 Å². The van der Waals surface area contributed by atoms with Crippen LogP contribution in [0.4, 0.5) is 4.39 Å². The molecule has 106 valence electrons. The topological polar surface area (TPSA) is 31.4 Å². The van der Waals surface area contributed by atoms with Crippen LogP contribution in [-0.4, -0.2) is 11.6 Å². The monoisotopic (exact) mass is 339 g/mol. The lowest BCUT2D eigenvalue weighted by Gasteiger charge is -2.15. The molecule has 2 rings (SSSR count). The van der Waals surface area contributed by atoms with E-state index in [0.717, 1.165) is 5.56 Å². The van der Waals surface area contributed by atoms with E-state index < -0.39 is 0 Å². The third-order valence-electron chi connectivity index (χ3n) is 2.65. The van der Waals surface area contributed by atoms with Gasteiger partial charge in [-0.25, -0.2) is 4.39 Å². The van der Waals surface area contributed by atoms with Gasteiger partial charge in [0.1, 0.15) is 12.4 Å². The molecule has 2 aromatic rings. The summed E-state index contributed by atoms with van der Waals surface area (Å²) in [7, 11) is 0. The molecule has 0 unspecified atom stereocenters. The van der Waals surface area contributed by atoms with E-state index in [1.54, 1.807) is 6.20 Å². The third-order valence-corrected chi connectivity index (χ3v) is 3.25. The maximum Gasteiger partial charge on any atom is 0.165 e. The minimum Gasteiger partial charge on any atom is -0.490 e. The Bertz CT molecular complexity index is 578. The zero-order valence-corrected chi connectivity index (χ0v) is 12.7.